The van der Waals surface area contributed by atoms with E-state index in [-0.39, 0.29) is 17.9 Å². The first-order valence-corrected chi connectivity index (χ1v) is 10.5. The fourth-order valence-corrected chi connectivity index (χ4v) is 3.69. The van der Waals surface area contributed by atoms with Gasteiger partial charge < -0.3 is 19.2 Å². The van der Waals surface area contributed by atoms with Gasteiger partial charge in [0.2, 0.25) is 0 Å². The van der Waals surface area contributed by atoms with Gasteiger partial charge in [-0.3, -0.25) is 14.6 Å². The third-order valence-electron chi connectivity index (χ3n) is 5.33. The van der Waals surface area contributed by atoms with E-state index in [0.29, 0.717) is 23.7 Å². The maximum absolute atomic E-state index is 13.0. The van der Waals surface area contributed by atoms with Crippen LogP contribution in [0.3, 0.4) is 0 Å². The minimum Gasteiger partial charge on any atom is -0.507 e. The summed E-state index contributed by atoms with van der Waals surface area (Å²) in [5.41, 5.74) is 1.20. The van der Waals surface area contributed by atoms with Gasteiger partial charge in [-0.15, -0.1) is 0 Å². The quantitative estimate of drug-likeness (QED) is 0.244. The molecule has 3 aromatic rings. The van der Waals surface area contributed by atoms with E-state index in [1.807, 2.05) is 0 Å². The number of benzene rings is 1. The number of aliphatic hydroxyl groups excluding tert-OH is 1. The lowest BCUT2D eigenvalue weighted by atomic mass is 9.99. The molecule has 1 unspecified atom stereocenters. The number of rotatable bonds is 8. The molecule has 1 atom stereocenters. The molecule has 1 aliphatic heterocycles. The molecule has 0 aliphatic carbocycles. The average Bonchev–Trinajstić information content (AvgIpc) is 3.43. The number of nitrogens with zero attached hydrogens (tertiary/aromatic N) is 2. The van der Waals surface area contributed by atoms with Gasteiger partial charge in [0, 0.05) is 24.5 Å². The van der Waals surface area contributed by atoms with Crippen molar-refractivity contribution in [2.24, 2.45) is 0 Å². The van der Waals surface area contributed by atoms with Crippen LogP contribution >= 0.6 is 0 Å². The molecule has 3 heterocycles. The van der Waals surface area contributed by atoms with Gasteiger partial charge in [0.1, 0.15) is 23.3 Å². The van der Waals surface area contributed by atoms with Crippen LogP contribution in [0.1, 0.15) is 42.7 Å². The average molecular weight is 432 g/mol. The van der Waals surface area contributed by atoms with Crippen molar-refractivity contribution in [3.05, 3.63) is 89.6 Å². The Kier molecular flexibility index (Phi) is 6.35. The lowest BCUT2D eigenvalue weighted by Gasteiger charge is -2.23. The second-order valence-corrected chi connectivity index (χ2v) is 7.53. The molecule has 164 valence electrons. The number of Topliss-reactive ketones (excluding diaryl/α,β-unsaturated/α-hetero) is 1. The van der Waals surface area contributed by atoms with Gasteiger partial charge in [-0.25, -0.2) is 0 Å². The van der Waals surface area contributed by atoms with E-state index < -0.39 is 17.7 Å². The summed E-state index contributed by atoms with van der Waals surface area (Å²) in [5.74, 6) is -0.725. The van der Waals surface area contributed by atoms with Crippen LogP contribution in [0.4, 0.5) is 0 Å². The molecule has 7 heteroatoms. The monoisotopic (exact) mass is 432 g/mol. The first kappa shape index (κ1) is 21.4. The number of hydrogen-bond acceptors (Lipinski definition) is 6. The summed E-state index contributed by atoms with van der Waals surface area (Å²) < 4.78 is 11.3. The van der Waals surface area contributed by atoms with Crippen molar-refractivity contribution in [1.29, 1.82) is 0 Å². The minimum atomic E-state index is -0.845. The Morgan fingerprint density at radius 1 is 1.16 bits per heavy atom. The minimum absolute atomic E-state index is 0.00952. The van der Waals surface area contributed by atoms with Gasteiger partial charge in [0.05, 0.1) is 18.4 Å². The highest BCUT2D eigenvalue weighted by Crippen LogP contribution is 2.40. The molecule has 32 heavy (non-hydrogen) atoms. The summed E-state index contributed by atoms with van der Waals surface area (Å²) in [6, 6.07) is 13.0. The lowest BCUT2D eigenvalue weighted by Crippen LogP contribution is -2.29. The summed E-state index contributed by atoms with van der Waals surface area (Å²) in [6.45, 7) is 2.81. The number of hydrogen-bond donors (Lipinski definition) is 1. The maximum Gasteiger partial charge on any atom is 0.296 e. The van der Waals surface area contributed by atoms with Gasteiger partial charge in [-0.1, -0.05) is 25.5 Å². The molecule has 1 amide bonds. The van der Waals surface area contributed by atoms with Crippen molar-refractivity contribution in [3.63, 3.8) is 0 Å². The number of likely N-dealkylation sites (tertiary alicyclic amines) is 1. The Morgan fingerprint density at radius 3 is 2.69 bits per heavy atom. The van der Waals surface area contributed by atoms with Crippen LogP contribution in [-0.2, 0) is 16.1 Å². The van der Waals surface area contributed by atoms with Crippen LogP contribution < -0.4 is 4.74 Å². The summed E-state index contributed by atoms with van der Waals surface area (Å²) >= 11 is 0. The van der Waals surface area contributed by atoms with Crippen LogP contribution in [0.15, 0.2) is 77.2 Å². The fraction of sp³-hybridized carbons (Fsp3) is 0.240. The van der Waals surface area contributed by atoms with Crippen molar-refractivity contribution >= 4 is 17.4 Å². The highest BCUT2D eigenvalue weighted by Gasteiger charge is 2.47. The number of unbranched alkanes of at least 4 members (excludes halogenated alkanes) is 1. The van der Waals surface area contributed by atoms with E-state index in [4.69, 9.17) is 9.15 Å². The second kappa shape index (κ2) is 9.51. The Balaban J connectivity index is 1.74. The number of ketones is 1. The Hall–Kier alpha value is -3.87. The maximum atomic E-state index is 13.0. The third kappa shape index (κ3) is 4.27. The first-order chi connectivity index (χ1) is 15.6. The molecule has 0 bridgehead atoms. The summed E-state index contributed by atoms with van der Waals surface area (Å²) in [6.07, 6.45) is 6.64. The summed E-state index contributed by atoms with van der Waals surface area (Å²) in [4.78, 5) is 31.4. The van der Waals surface area contributed by atoms with Crippen LogP contribution in [0.25, 0.3) is 5.76 Å². The van der Waals surface area contributed by atoms with Crippen LogP contribution in [-0.4, -0.2) is 33.3 Å². The number of aliphatic hydroxyl groups is 1. The number of ether oxygens (including phenoxy) is 1. The predicted octanol–water partition coefficient (Wildman–Crippen LogP) is 4.48. The Labute approximate surface area is 186 Å². The van der Waals surface area contributed by atoms with Gasteiger partial charge in [0.15, 0.2) is 0 Å². The topological polar surface area (TPSA) is 92.9 Å². The van der Waals surface area contributed by atoms with Crippen molar-refractivity contribution in [3.8, 4) is 5.75 Å². The molecule has 1 N–H and O–H groups in total. The van der Waals surface area contributed by atoms with Crippen LogP contribution in [0.2, 0.25) is 0 Å². The SMILES string of the molecule is CCCCOc1cccc(/C(O)=C2\C(=O)C(=O)N(Cc3ccncc3)C2c2ccco2)c1. The van der Waals surface area contributed by atoms with E-state index in [9.17, 15) is 14.7 Å². The largest absolute Gasteiger partial charge is 0.507 e. The number of carbonyl (C=O) groups is 2. The van der Waals surface area contributed by atoms with Gasteiger partial charge >= 0.3 is 0 Å². The number of aromatic nitrogens is 1. The molecule has 0 spiro atoms. The summed E-state index contributed by atoms with van der Waals surface area (Å²) in [7, 11) is 0. The van der Waals surface area contributed by atoms with Crippen LogP contribution in [0, 0.1) is 0 Å². The van der Waals surface area contributed by atoms with Gasteiger partial charge in [-0.05, 0) is 48.4 Å². The van der Waals surface area contributed by atoms with Gasteiger partial charge in [0.25, 0.3) is 11.7 Å². The van der Waals surface area contributed by atoms with Crippen LogP contribution in [0.5, 0.6) is 5.75 Å². The van der Waals surface area contributed by atoms with Crippen molar-refractivity contribution in [1.82, 2.24) is 9.88 Å². The first-order valence-electron chi connectivity index (χ1n) is 10.5. The van der Waals surface area contributed by atoms with Crippen molar-refractivity contribution in [2.75, 3.05) is 6.61 Å². The molecule has 2 aromatic heterocycles. The Morgan fingerprint density at radius 2 is 1.97 bits per heavy atom. The molecule has 7 nitrogen and oxygen atoms in total. The number of amides is 1. The van der Waals surface area contributed by atoms with E-state index in [2.05, 4.69) is 11.9 Å². The van der Waals surface area contributed by atoms with Gasteiger partial charge in [-0.2, -0.15) is 0 Å². The normalized spacial score (nSPS) is 17.7. The van der Waals surface area contributed by atoms with E-state index in [0.717, 1.165) is 18.4 Å². The number of carbonyl (C=O) groups excluding carboxylic acids is 2. The standard InChI is InChI=1S/C25H24N2O5/c1-2-3-13-31-19-7-4-6-18(15-19)23(28)21-22(20-8-5-14-32-20)27(25(30)24(21)29)16-17-9-11-26-12-10-17/h4-12,14-15,22,28H,2-3,13,16H2,1H3/b23-21+. The molecule has 0 radical (unpaired) electrons. The smallest absolute Gasteiger partial charge is 0.296 e. The fourth-order valence-electron chi connectivity index (χ4n) is 3.69. The molecular weight excluding hydrogens is 408 g/mol. The Bertz CT molecular complexity index is 1120. The molecule has 1 fully saturated rings. The molecular formula is C25H24N2O5. The lowest BCUT2D eigenvalue weighted by molar-refractivity contribution is -0.140. The van der Waals surface area contributed by atoms with Crippen molar-refractivity contribution in [2.45, 2.75) is 32.4 Å². The highest BCUT2D eigenvalue weighted by molar-refractivity contribution is 6.46. The molecule has 1 aliphatic rings. The highest BCUT2D eigenvalue weighted by atomic mass is 16.5. The molecule has 0 saturated carbocycles. The number of furan rings is 1. The number of pyridine rings is 1. The zero-order valence-electron chi connectivity index (χ0n) is 17.7. The third-order valence-corrected chi connectivity index (χ3v) is 5.33. The van der Waals surface area contributed by atoms with E-state index in [1.54, 1.807) is 60.9 Å². The zero-order valence-corrected chi connectivity index (χ0v) is 17.7. The molecule has 1 saturated heterocycles. The molecule has 1 aromatic carbocycles. The second-order valence-electron chi connectivity index (χ2n) is 7.53. The van der Waals surface area contributed by atoms with E-state index >= 15 is 0 Å². The van der Waals surface area contributed by atoms with Crippen molar-refractivity contribution < 1.29 is 23.8 Å². The summed E-state index contributed by atoms with van der Waals surface area (Å²) in [5, 5.41) is 11.1. The van der Waals surface area contributed by atoms with E-state index in [1.165, 1.54) is 11.2 Å². The molecule has 4 rings (SSSR count). The predicted molar refractivity (Wildman–Crippen MR) is 118 cm³/mol. The zero-order chi connectivity index (χ0) is 22.5.